The number of ether oxygens (including phenoxy) is 1. The van der Waals surface area contributed by atoms with Crippen molar-refractivity contribution in [3.8, 4) is 0 Å². The van der Waals surface area contributed by atoms with Crippen LogP contribution in [0, 0.1) is 5.92 Å². The van der Waals surface area contributed by atoms with Gasteiger partial charge in [-0.1, -0.05) is 26.2 Å². The van der Waals surface area contributed by atoms with Crippen molar-refractivity contribution in [1.82, 2.24) is 4.90 Å². The Morgan fingerprint density at radius 3 is 2.45 bits per heavy atom. The number of carbonyl (C=O) groups is 2. The molecule has 0 radical (unpaired) electrons. The largest absolute Gasteiger partial charge is 0.479 e. The van der Waals surface area contributed by atoms with E-state index in [4.69, 9.17) is 4.74 Å². The van der Waals surface area contributed by atoms with E-state index in [0.29, 0.717) is 18.8 Å². The van der Waals surface area contributed by atoms with Crippen LogP contribution >= 0.6 is 0 Å². The number of carboxylic acids is 1. The van der Waals surface area contributed by atoms with Crippen LogP contribution in [0.5, 0.6) is 0 Å². The summed E-state index contributed by atoms with van der Waals surface area (Å²) in [7, 11) is 1.54. The third-order valence-corrected chi connectivity index (χ3v) is 4.11. The first-order valence-electron chi connectivity index (χ1n) is 7.32. The van der Waals surface area contributed by atoms with E-state index >= 15 is 0 Å². The molecule has 0 aromatic rings. The predicted octanol–water partition coefficient (Wildman–Crippen LogP) is 3.28. The minimum absolute atomic E-state index is 0.352. The van der Waals surface area contributed by atoms with Crippen LogP contribution in [-0.2, 0) is 9.53 Å². The Balaban J connectivity index is 2.95. The van der Waals surface area contributed by atoms with Gasteiger partial charge >= 0.3 is 12.1 Å². The fourth-order valence-electron chi connectivity index (χ4n) is 2.86. The summed E-state index contributed by atoms with van der Waals surface area (Å²) in [6, 6.07) is 0. The number of amides is 1. The minimum atomic E-state index is -1.12. The van der Waals surface area contributed by atoms with Crippen molar-refractivity contribution in [2.75, 3.05) is 7.05 Å². The second-order valence-corrected chi connectivity index (χ2v) is 6.75. The zero-order chi connectivity index (χ0) is 15.6. The van der Waals surface area contributed by atoms with E-state index in [1.54, 1.807) is 27.8 Å². The van der Waals surface area contributed by atoms with Gasteiger partial charge in [0, 0.05) is 7.05 Å². The summed E-state index contributed by atoms with van der Waals surface area (Å²) < 4.78 is 5.32. The molecule has 0 bridgehead atoms. The summed E-state index contributed by atoms with van der Waals surface area (Å²) in [4.78, 5) is 25.3. The first kappa shape index (κ1) is 16.8. The smallest absolute Gasteiger partial charge is 0.410 e. The molecule has 0 aromatic carbocycles. The summed E-state index contributed by atoms with van der Waals surface area (Å²) >= 11 is 0. The number of likely N-dealkylation sites (N-methyl/N-ethyl adjacent to an activating group) is 1. The standard InChI is InChI=1S/C15H27NO4/c1-6-11-8-7-9-15(10-11,12(17)18)16(5)13(19)20-14(2,3)4/h11H,6-10H2,1-5H3,(H,17,18). The Kier molecular flexibility index (Phi) is 5.05. The van der Waals surface area contributed by atoms with E-state index in [2.05, 4.69) is 6.92 Å². The highest BCUT2D eigenvalue weighted by Crippen LogP contribution is 2.38. The van der Waals surface area contributed by atoms with Crippen LogP contribution < -0.4 is 0 Å². The van der Waals surface area contributed by atoms with Crippen molar-refractivity contribution >= 4 is 12.1 Å². The lowest BCUT2D eigenvalue weighted by molar-refractivity contribution is -0.154. The Morgan fingerprint density at radius 2 is 2.00 bits per heavy atom. The van der Waals surface area contributed by atoms with E-state index in [1.807, 2.05) is 0 Å². The molecule has 116 valence electrons. The van der Waals surface area contributed by atoms with E-state index in [1.165, 1.54) is 4.90 Å². The SMILES string of the molecule is CCC1CCCC(C(=O)O)(N(C)C(=O)OC(C)(C)C)C1. The van der Waals surface area contributed by atoms with Gasteiger partial charge in [-0.05, 0) is 39.5 Å². The Labute approximate surface area is 121 Å². The Morgan fingerprint density at radius 1 is 1.40 bits per heavy atom. The topological polar surface area (TPSA) is 66.8 Å². The molecule has 1 fully saturated rings. The van der Waals surface area contributed by atoms with Crippen molar-refractivity contribution in [3.05, 3.63) is 0 Å². The number of carboxylic acid groups (broad SMARTS) is 1. The summed E-state index contributed by atoms with van der Waals surface area (Å²) in [5.74, 6) is -0.575. The molecule has 1 N–H and O–H groups in total. The van der Waals surface area contributed by atoms with Crippen molar-refractivity contribution in [3.63, 3.8) is 0 Å². The first-order chi connectivity index (χ1) is 9.12. The molecular weight excluding hydrogens is 258 g/mol. The molecule has 1 aliphatic rings. The predicted molar refractivity (Wildman–Crippen MR) is 76.6 cm³/mol. The van der Waals surface area contributed by atoms with Crippen LogP contribution in [0.25, 0.3) is 0 Å². The van der Waals surface area contributed by atoms with Gasteiger partial charge in [0.15, 0.2) is 0 Å². The van der Waals surface area contributed by atoms with Crippen molar-refractivity contribution < 1.29 is 19.4 Å². The lowest BCUT2D eigenvalue weighted by Crippen LogP contribution is -2.58. The number of hydrogen-bond donors (Lipinski definition) is 1. The van der Waals surface area contributed by atoms with Crippen molar-refractivity contribution in [2.24, 2.45) is 5.92 Å². The molecule has 0 heterocycles. The van der Waals surface area contributed by atoms with Crippen molar-refractivity contribution in [1.29, 1.82) is 0 Å². The van der Waals surface area contributed by atoms with Gasteiger partial charge in [0.1, 0.15) is 11.1 Å². The third kappa shape index (κ3) is 3.64. The summed E-state index contributed by atoms with van der Waals surface area (Å²) in [6.45, 7) is 7.40. The van der Waals surface area contributed by atoms with Crippen LogP contribution in [0.3, 0.4) is 0 Å². The molecule has 20 heavy (non-hydrogen) atoms. The lowest BCUT2D eigenvalue weighted by Gasteiger charge is -2.43. The maximum atomic E-state index is 12.2. The van der Waals surface area contributed by atoms with E-state index in [0.717, 1.165) is 19.3 Å². The van der Waals surface area contributed by atoms with E-state index in [-0.39, 0.29) is 0 Å². The van der Waals surface area contributed by atoms with E-state index < -0.39 is 23.2 Å². The zero-order valence-electron chi connectivity index (χ0n) is 13.2. The number of rotatable bonds is 3. The molecule has 2 unspecified atom stereocenters. The van der Waals surface area contributed by atoms with Crippen LogP contribution in [0.4, 0.5) is 4.79 Å². The minimum Gasteiger partial charge on any atom is -0.479 e. The van der Waals surface area contributed by atoms with Crippen molar-refractivity contribution in [2.45, 2.75) is 70.9 Å². The Bertz CT molecular complexity index is 375. The number of hydrogen-bond acceptors (Lipinski definition) is 3. The van der Waals surface area contributed by atoms with Gasteiger partial charge in [0.2, 0.25) is 0 Å². The van der Waals surface area contributed by atoms with Crippen LogP contribution in [0.15, 0.2) is 0 Å². The summed E-state index contributed by atoms with van der Waals surface area (Å²) in [5.41, 5.74) is -1.74. The summed E-state index contributed by atoms with van der Waals surface area (Å²) in [6.07, 6.45) is 3.25. The fourth-order valence-corrected chi connectivity index (χ4v) is 2.86. The second-order valence-electron chi connectivity index (χ2n) is 6.75. The van der Waals surface area contributed by atoms with Crippen LogP contribution in [-0.4, -0.2) is 40.3 Å². The molecule has 5 nitrogen and oxygen atoms in total. The lowest BCUT2D eigenvalue weighted by atomic mass is 9.74. The maximum absolute atomic E-state index is 12.2. The highest BCUT2D eigenvalue weighted by molar-refractivity contribution is 5.84. The molecule has 5 heteroatoms. The molecule has 2 atom stereocenters. The van der Waals surface area contributed by atoms with Gasteiger partial charge in [0.05, 0.1) is 0 Å². The maximum Gasteiger partial charge on any atom is 0.410 e. The quantitative estimate of drug-likeness (QED) is 0.864. The van der Waals surface area contributed by atoms with Gasteiger partial charge in [-0.15, -0.1) is 0 Å². The Hall–Kier alpha value is -1.26. The molecule has 1 rings (SSSR count). The first-order valence-corrected chi connectivity index (χ1v) is 7.32. The molecule has 1 saturated carbocycles. The second kappa shape index (κ2) is 6.02. The average molecular weight is 285 g/mol. The normalized spacial score (nSPS) is 26.9. The summed E-state index contributed by atoms with van der Waals surface area (Å²) in [5, 5.41) is 9.67. The van der Waals surface area contributed by atoms with Crippen LogP contribution in [0.2, 0.25) is 0 Å². The molecule has 0 aromatic heterocycles. The number of aliphatic carboxylic acids is 1. The zero-order valence-corrected chi connectivity index (χ0v) is 13.2. The number of carbonyl (C=O) groups excluding carboxylic acids is 1. The third-order valence-electron chi connectivity index (χ3n) is 4.11. The van der Waals surface area contributed by atoms with Gasteiger partial charge in [-0.2, -0.15) is 0 Å². The highest BCUT2D eigenvalue weighted by Gasteiger charge is 2.48. The molecule has 0 aliphatic heterocycles. The molecular formula is C15H27NO4. The van der Waals surface area contributed by atoms with Gasteiger partial charge in [-0.3, -0.25) is 4.90 Å². The van der Waals surface area contributed by atoms with Crippen LogP contribution in [0.1, 0.15) is 59.8 Å². The molecule has 0 spiro atoms. The van der Waals surface area contributed by atoms with Gasteiger partial charge < -0.3 is 9.84 Å². The number of nitrogens with zero attached hydrogens (tertiary/aromatic N) is 1. The fraction of sp³-hybridized carbons (Fsp3) is 0.867. The molecule has 0 saturated heterocycles. The molecule has 1 amide bonds. The monoisotopic (exact) mass is 285 g/mol. The van der Waals surface area contributed by atoms with E-state index in [9.17, 15) is 14.7 Å². The average Bonchev–Trinajstić information content (AvgIpc) is 2.35. The van der Waals surface area contributed by atoms with Gasteiger partial charge in [-0.25, -0.2) is 9.59 Å². The highest BCUT2D eigenvalue weighted by atomic mass is 16.6. The molecule has 1 aliphatic carbocycles. The van der Waals surface area contributed by atoms with Gasteiger partial charge in [0.25, 0.3) is 0 Å².